The zero-order valence-electron chi connectivity index (χ0n) is 14.0. The van der Waals surface area contributed by atoms with Gasteiger partial charge in [-0.2, -0.15) is 0 Å². The van der Waals surface area contributed by atoms with Gasteiger partial charge in [-0.15, -0.1) is 5.48 Å². The first-order chi connectivity index (χ1) is 13.1. The van der Waals surface area contributed by atoms with E-state index in [9.17, 15) is 4.79 Å². The Kier molecular flexibility index (Phi) is 8.89. The summed E-state index contributed by atoms with van der Waals surface area (Å²) in [5.41, 5.74) is 3.73. The smallest absolute Gasteiger partial charge is 0.329 e. The molecular weight excluding hydrogens is 488 g/mol. The predicted molar refractivity (Wildman–Crippen MR) is 119 cm³/mol. The van der Waals surface area contributed by atoms with Crippen LogP contribution in [0.15, 0.2) is 48.5 Å². The number of hydrogen-bond acceptors (Lipinski definition) is 4. The molecule has 0 radical (unpaired) electrons. The maximum atomic E-state index is 12.0. The third-order valence-electron chi connectivity index (χ3n) is 3.26. The van der Waals surface area contributed by atoms with Crippen LogP contribution in [0, 0.1) is 0 Å². The Bertz CT molecular complexity index is 833. The monoisotopic (exact) mass is 499 g/mol. The Labute approximate surface area is 192 Å². The number of alkyl halides is 3. The van der Waals surface area contributed by atoms with E-state index in [4.69, 9.17) is 75.1 Å². The Hall–Kier alpha value is -0.990. The molecule has 28 heavy (non-hydrogen) atoms. The van der Waals surface area contributed by atoms with Crippen molar-refractivity contribution in [1.82, 2.24) is 10.8 Å². The second-order valence-corrected chi connectivity index (χ2v) is 9.05. The summed E-state index contributed by atoms with van der Waals surface area (Å²) in [7, 11) is 0. The molecule has 3 N–H and O–H groups in total. The number of thiocarbonyl (C=S) groups is 1. The summed E-state index contributed by atoms with van der Waals surface area (Å²) in [5.74, 6) is -0.560. The van der Waals surface area contributed by atoms with Gasteiger partial charge in [-0.25, -0.2) is 0 Å². The third kappa shape index (κ3) is 7.79. The van der Waals surface area contributed by atoms with Crippen LogP contribution < -0.4 is 16.1 Å². The number of anilines is 1. The van der Waals surface area contributed by atoms with Crippen molar-refractivity contribution in [2.75, 3.05) is 5.32 Å². The number of hydrogen-bond donors (Lipinski definition) is 3. The number of halogens is 5. The Morgan fingerprint density at radius 3 is 2.36 bits per heavy atom. The minimum absolute atomic E-state index is 0.0480. The lowest BCUT2D eigenvalue weighted by atomic mass is 10.2. The van der Waals surface area contributed by atoms with Gasteiger partial charge in [0.15, 0.2) is 11.3 Å². The van der Waals surface area contributed by atoms with Gasteiger partial charge in [-0.3, -0.25) is 4.79 Å². The lowest BCUT2D eigenvalue weighted by Crippen LogP contribution is -2.54. The summed E-state index contributed by atoms with van der Waals surface area (Å²) >= 11 is 34.8. The normalized spacial score (nSPS) is 12.2. The molecule has 5 nitrogen and oxygen atoms in total. The van der Waals surface area contributed by atoms with Crippen LogP contribution in [0.3, 0.4) is 0 Å². The second-order valence-electron chi connectivity index (χ2n) is 5.46. The molecule has 2 aromatic carbocycles. The topological polar surface area (TPSA) is 62.4 Å². The van der Waals surface area contributed by atoms with Crippen LogP contribution in [0.5, 0.6) is 0 Å². The molecule has 0 aliphatic heterocycles. The van der Waals surface area contributed by atoms with Crippen molar-refractivity contribution in [3.05, 3.63) is 64.1 Å². The van der Waals surface area contributed by atoms with Crippen molar-refractivity contribution < 1.29 is 9.63 Å². The Morgan fingerprint density at radius 2 is 1.75 bits per heavy atom. The SMILES string of the molecule is O=C(Cc1ccccc1)ONC(NC(=S)Nc1ccc(Cl)c(Cl)c1)C(Cl)(Cl)Cl. The van der Waals surface area contributed by atoms with E-state index in [1.54, 1.807) is 30.3 Å². The minimum Gasteiger partial charge on any atom is -0.368 e. The summed E-state index contributed by atoms with van der Waals surface area (Å²) in [4.78, 5) is 17.0. The average molecular weight is 502 g/mol. The first-order valence-electron chi connectivity index (χ1n) is 7.73. The number of nitrogens with one attached hydrogen (secondary N) is 3. The molecule has 1 unspecified atom stereocenters. The van der Waals surface area contributed by atoms with E-state index in [-0.39, 0.29) is 11.5 Å². The van der Waals surface area contributed by atoms with Crippen molar-refractivity contribution in [2.24, 2.45) is 0 Å². The van der Waals surface area contributed by atoms with Gasteiger partial charge >= 0.3 is 5.97 Å². The standard InChI is InChI=1S/C17H14Cl5N3O2S/c18-12-7-6-11(9-13(12)19)23-16(28)24-15(17(20,21)22)25-27-14(26)8-10-4-2-1-3-5-10/h1-7,9,15,25H,8H2,(H2,23,24,28). The summed E-state index contributed by atoms with van der Waals surface area (Å²) < 4.78 is -1.88. The molecule has 0 aliphatic carbocycles. The van der Waals surface area contributed by atoms with Gasteiger partial charge in [0.25, 0.3) is 0 Å². The van der Waals surface area contributed by atoms with Gasteiger partial charge in [0, 0.05) is 5.69 Å². The molecule has 2 aromatic rings. The van der Waals surface area contributed by atoms with Crippen molar-refractivity contribution >= 4 is 87.0 Å². The molecule has 0 saturated heterocycles. The summed E-state index contributed by atoms with van der Waals surface area (Å²) in [6.45, 7) is 0. The van der Waals surface area contributed by atoms with Crippen molar-refractivity contribution in [1.29, 1.82) is 0 Å². The molecule has 0 heterocycles. The fourth-order valence-corrected chi connectivity index (χ4v) is 2.80. The lowest BCUT2D eigenvalue weighted by Gasteiger charge is -2.27. The fourth-order valence-electron chi connectivity index (χ4n) is 1.97. The molecule has 0 aliphatic rings. The highest BCUT2D eigenvalue weighted by Crippen LogP contribution is 2.29. The van der Waals surface area contributed by atoms with Crippen molar-refractivity contribution in [2.45, 2.75) is 16.4 Å². The van der Waals surface area contributed by atoms with Crippen LogP contribution in [-0.4, -0.2) is 21.0 Å². The van der Waals surface area contributed by atoms with E-state index in [1.807, 2.05) is 18.2 Å². The predicted octanol–water partition coefficient (Wildman–Crippen LogP) is 5.27. The first kappa shape index (κ1) is 23.3. The largest absolute Gasteiger partial charge is 0.368 e. The molecule has 0 amide bonds. The second kappa shape index (κ2) is 10.7. The van der Waals surface area contributed by atoms with E-state index in [1.165, 1.54) is 0 Å². The van der Waals surface area contributed by atoms with Gasteiger partial charge in [-0.05, 0) is 36.0 Å². The van der Waals surface area contributed by atoms with Crippen molar-refractivity contribution in [3.63, 3.8) is 0 Å². The van der Waals surface area contributed by atoms with Crippen LogP contribution in [0.25, 0.3) is 0 Å². The van der Waals surface area contributed by atoms with E-state index < -0.39 is 15.9 Å². The zero-order chi connectivity index (χ0) is 20.7. The maximum absolute atomic E-state index is 12.0. The quantitative estimate of drug-likeness (QED) is 0.217. The van der Waals surface area contributed by atoms with Crippen LogP contribution in [0.2, 0.25) is 10.0 Å². The first-order valence-corrected chi connectivity index (χ1v) is 10.0. The average Bonchev–Trinajstić information content (AvgIpc) is 2.61. The van der Waals surface area contributed by atoms with Gasteiger partial charge < -0.3 is 15.5 Å². The fraction of sp³-hybridized carbons (Fsp3) is 0.176. The molecular formula is C17H14Cl5N3O2S. The minimum atomic E-state index is -1.88. The van der Waals surface area contributed by atoms with E-state index >= 15 is 0 Å². The summed E-state index contributed by atoms with van der Waals surface area (Å²) in [6.07, 6.45) is -1.08. The number of hydroxylamine groups is 1. The lowest BCUT2D eigenvalue weighted by molar-refractivity contribution is -0.152. The van der Waals surface area contributed by atoms with Crippen LogP contribution >= 0.6 is 70.2 Å². The maximum Gasteiger partial charge on any atom is 0.329 e. The molecule has 150 valence electrons. The molecule has 0 bridgehead atoms. The van der Waals surface area contributed by atoms with E-state index in [0.29, 0.717) is 15.7 Å². The highest BCUT2D eigenvalue weighted by Gasteiger charge is 2.34. The molecule has 0 saturated carbocycles. The summed E-state index contributed by atoms with van der Waals surface area (Å²) in [6, 6.07) is 13.9. The highest BCUT2D eigenvalue weighted by molar-refractivity contribution is 7.80. The number of benzene rings is 2. The third-order valence-corrected chi connectivity index (χ3v) is 4.88. The number of rotatable bonds is 6. The molecule has 2 rings (SSSR count). The molecule has 1 atom stereocenters. The number of carbonyl (C=O) groups is 1. The van der Waals surface area contributed by atoms with Gasteiger partial charge in [0.1, 0.15) is 0 Å². The molecule has 0 spiro atoms. The Morgan fingerprint density at radius 1 is 1.07 bits per heavy atom. The summed E-state index contributed by atoms with van der Waals surface area (Å²) in [5, 5.41) is 6.43. The highest BCUT2D eigenvalue weighted by atomic mass is 35.6. The van der Waals surface area contributed by atoms with Gasteiger partial charge in [0.2, 0.25) is 3.79 Å². The Balaban J connectivity index is 1.92. The van der Waals surface area contributed by atoms with Crippen molar-refractivity contribution in [3.8, 4) is 0 Å². The molecule has 0 fully saturated rings. The molecule has 11 heteroatoms. The van der Waals surface area contributed by atoms with Crippen LogP contribution in [-0.2, 0) is 16.1 Å². The van der Waals surface area contributed by atoms with Crippen LogP contribution in [0.4, 0.5) is 5.69 Å². The van der Waals surface area contributed by atoms with E-state index in [0.717, 1.165) is 5.56 Å². The molecule has 0 aromatic heterocycles. The van der Waals surface area contributed by atoms with Gasteiger partial charge in [-0.1, -0.05) is 88.3 Å². The van der Waals surface area contributed by atoms with E-state index in [2.05, 4.69) is 16.1 Å². The number of carbonyl (C=O) groups excluding carboxylic acids is 1. The zero-order valence-corrected chi connectivity index (χ0v) is 18.6. The van der Waals surface area contributed by atoms with Gasteiger partial charge in [0.05, 0.1) is 16.5 Å². The van der Waals surface area contributed by atoms with Crippen LogP contribution in [0.1, 0.15) is 5.56 Å².